The Labute approximate surface area is 190 Å². The zero-order valence-electron chi connectivity index (χ0n) is 17.8. The molecule has 1 atom stereocenters. The highest BCUT2D eigenvalue weighted by Crippen LogP contribution is 2.37. The number of hydrogen-bond acceptors (Lipinski definition) is 6. The molecule has 1 aliphatic heterocycles. The van der Waals surface area contributed by atoms with Crippen LogP contribution in [0.5, 0.6) is 0 Å². The van der Waals surface area contributed by atoms with Gasteiger partial charge in [-0.1, -0.05) is 6.07 Å². The zero-order chi connectivity index (χ0) is 21.9. The average molecular weight is 445 g/mol. The number of aryl methyl sites for hydroxylation is 1. The summed E-state index contributed by atoms with van der Waals surface area (Å²) in [6.07, 6.45) is 9.40. The standard InChI is InChI=1S/C24H24N6OS/c1-17-5-2-10-26-22(17)30-14-4-6-20(30)19-16-32-24(27-19)28-23(31)21-7-3-13-29(21)15-18-8-11-25-12-9-18/h2-3,5,7-13,16,20H,4,6,14-15H2,1H3,(H,27,28,31)/t20-/m1/s1. The Hall–Kier alpha value is -3.52. The molecule has 1 saturated heterocycles. The number of nitrogens with zero attached hydrogens (tertiary/aromatic N) is 5. The lowest BCUT2D eigenvalue weighted by Crippen LogP contribution is -2.24. The third-order valence-corrected chi connectivity index (χ3v) is 6.53. The van der Waals surface area contributed by atoms with E-state index in [9.17, 15) is 4.79 Å². The first-order valence-electron chi connectivity index (χ1n) is 10.7. The van der Waals surface area contributed by atoms with Gasteiger partial charge in [-0.05, 0) is 61.2 Å². The summed E-state index contributed by atoms with van der Waals surface area (Å²) >= 11 is 1.47. The van der Waals surface area contributed by atoms with Crippen molar-refractivity contribution in [2.24, 2.45) is 0 Å². The first kappa shape index (κ1) is 20.4. The van der Waals surface area contributed by atoms with Gasteiger partial charge in [0.15, 0.2) is 5.13 Å². The Kier molecular flexibility index (Phi) is 5.68. The average Bonchev–Trinajstić information content (AvgIpc) is 3.55. The molecule has 5 heterocycles. The second-order valence-electron chi connectivity index (χ2n) is 7.90. The molecule has 32 heavy (non-hydrogen) atoms. The number of carbonyl (C=O) groups excluding carboxylic acids is 1. The van der Waals surface area contributed by atoms with E-state index in [4.69, 9.17) is 4.98 Å². The van der Waals surface area contributed by atoms with Crippen LogP contribution < -0.4 is 10.2 Å². The molecule has 0 bridgehead atoms. The van der Waals surface area contributed by atoms with Crippen LogP contribution in [0.4, 0.5) is 10.9 Å². The van der Waals surface area contributed by atoms with Crippen molar-refractivity contribution in [3.05, 3.63) is 89.1 Å². The predicted octanol–water partition coefficient (Wildman–Crippen LogP) is 4.69. The summed E-state index contributed by atoms with van der Waals surface area (Å²) in [5, 5.41) is 5.65. The van der Waals surface area contributed by atoms with Gasteiger partial charge in [-0.25, -0.2) is 9.97 Å². The Bertz CT molecular complexity index is 1220. The monoisotopic (exact) mass is 444 g/mol. The van der Waals surface area contributed by atoms with E-state index in [0.717, 1.165) is 42.0 Å². The van der Waals surface area contributed by atoms with E-state index in [0.29, 0.717) is 17.4 Å². The minimum atomic E-state index is -0.159. The Morgan fingerprint density at radius 2 is 2.06 bits per heavy atom. The van der Waals surface area contributed by atoms with Gasteiger partial charge in [-0.3, -0.25) is 15.1 Å². The Morgan fingerprint density at radius 3 is 2.91 bits per heavy atom. The molecule has 5 rings (SSSR count). The van der Waals surface area contributed by atoms with Gasteiger partial charge >= 0.3 is 0 Å². The largest absolute Gasteiger partial charge is 0.348 e. The van der Waals surface area contributed by atoms with Gasteiger partial charge in [0, 0.05) is 43.3 Å². The molecule has 4 aromatic heterocycles. The van der Waals surface area contributed by atoms with Crippen LogP contribution in [0.3, 0.4) is 0 Å². The van der Waals surface area contributed by atoms with Gasteiger partial charge in [-0.15, -0.1) is 11.3 Å². The van der Waals surface area contributed by atoms with Crippen molar-refractivity contribution in [3.63, 3.8) is 0 Å². The molecule has 0 aliphatic carbocycles. The van der Waals surface area contributed by atoms with Crippen LogP contribution in [0.2, 0.25) is 0 Å². The zero-order valence-corrected chi connectivity index (χ0v) is 18.6. The number of carbonyl (C=O) groups is 1. The van der Waals surface area contributed by atoms with Gasteiger partial charge in [-0.2, -0.15) is 0 Å². The molecule has 0 saturated carbocycles. The number of thiazole rings is 1. The van der Waals surface area contributed by atoms with E-state index in [1.165, 1.54) is 11.3 Å². The summed E-state index contributed by atoms with van der Waals surface area (Å²) < 4.78 is 1.93. The maximum atomic E-state index is 12.9. The smallest absolute Gasteiger partial charge is 0.274 e. The Morgan fingerprint density at radius 1 is 1.19 bits per heavy atom. The maximum Gasteiger partial charge on any atom is 0.274 e. The fourth-order valence-corrected chi connectivity index (χ4v) is 4.96. The summed E-state index contributed by atoms with van der Waals surface area (Å²) in [4.78, 5) is 28.7. The van der Waals surface area contributed by atoms with E-state index < -0.39 is 0 Å². The number of hydrogen-bond donors (Lipinski definition) is 1. The van der Waals surface area contributed by atoms with Crippen molar-refractivity contribution in [1.82, 2.24) is 19.5 Å². The molecule has 1 fully saturated rings. The first-order chi connectivity index (χ1) is 15.7. The normalized spacial score (nSPS) is 15.8. The highest BCUT2D eigenvalue weighted by molar-refractivity contribution is 7.14. The molecule has 0 radical (unpaired) electrons. The predicted molar refractivity (Wildman–Crippen MR) is 126 cm³/mol. The highest BCUT2D eigenvalue weighted by Gasteiger charge is 2.30. The van der Waals surface area contributed by atoms with E-state index in [-0.39, 0.29) is 11.9 Å². The molecule has 0 aromatic carbocycles. The van der Waals surface area contributed by atoms with Gasteiger partial charge in [0.05, 0.1) is 11.7 Å². The third kappa shape index (κ3) is 4.13. The fourth-order valence-electron chi connectivity index (χ4n) is 4.21. The minimum Gasteiger partial charge on any atom is -0.348 e. The van der Waals surface area contributed by atoms with Gasteiger partial charge in [0.1, 0.15) is 11.5 Å². The van der Waals surface area contributed by atoms with Crippen molar-refractivity contribution in [3.8, 4) is 0 Å². The molecule has 162 valence electrons. The number of amides is 1. The SMILES string of the molecule is Cc1cccnc1N1CCC[C@@H]1c1csc(NC(=O)c2cccn2Cc2ccncc2)n1. The third-order valence-electron chi connectivity index (χ3n) is 5.75. The maximum absolute atomic E-state index is 12.9. The fraction of sp³-hybridized carbons (Fsp3) is 0.250. The van der Waals surface area contributed by atoms with Gasteiger partial charge < -0.3 is 9.47 Å². The number of anilines is 2. The van der Waals surface area contributed by atoms with Crippen LogP contribution in [0, 0.1) is 6.92 Å². The van der Waals surface area contributed by atoms with E-state index >= 15 is 0 Å². The lowest BCUT2D eigenvalue weighted by molar-refractivity contribution is 0.101. The van der Waals surface area contributed by atoms with Crippen molar-refractivity contribution in [1.29, 1.82) is 0 Å². The van der Waals surface area contributed by atoms with Crippen LogP contribution in [0.25, 0.3) is 0 Å². The van der Waals surface area contributed by atoms with E-state index in [1.807, 2.05) is 52.7 Å². The number of nitrogens with one attached hydrogen (secondary N) is 1. The number of rotatable bonds is 6. The summed E-state index contributed by atoms with van der Waals surface area (Å²) in [5.41, 5.74) is 3.84. The van der Waals surface area contributed by atoms with Crippen molar-refractivity contribution in [2.45, 2.75) is 32.4 Å². The molecular weight excluding hydrogens is 420 g/mol. The van der Waals surface area contributed by atoms with Gasteiger partial charge in [0.25, 0.3) is 5.91 Å². The topological polar surface area (TPSA) is 75.9 Å². The highest BCUT2D eigenvalue weighted by atomic mass is 32.1. The summed E-state index contributed by atoms with van der Waals surface area (Å²) in [6, 6.07) is 11.8. The van der Waals surface area contributed by atoms with Crippen molar-refractivity contribution in [2.75, 3.05) is 16.8 Å². The lowest BCUT2D eigenvalue weighted by atomic mass is 10.1. The van der Waals surface area contributed by atoms with E-state index in [2.05, 4.69) is 33.2 Å². The second-order valence-corrected chi connectivity index (χ2v) is 8.76. The second kappa shape index (κ2) is 8.92. The molecule has 1 amide bonds. The first-order valence-corrected chi connectivity index (χ1v) is 11.6. The molecule has 1 aliphatic rings. The van der Waals surface area contributed by atoms with Crippen LogP contribution >= 0.6 is 11.3 Å². The number of pyridine rings is 2. The van der Waals surface area contributed by atoms with Crippen LogP contribution in [0.15, 0.2) is 66.6 Å². The van der Waals surface area contributed by atoms with Gasteiger partial charge in [0.2, 0.25) is 0 Å². The quantitative estimate of drug-likeness (QED) is 0.467. The molecule has 0 unspecified atom stereocenters. The van der Waals surface area contributed by atoms with Crippen LogP contribution in [0.1, 0.15) is 46.2 Å². The van der Waals surface area contributed by atoms with E-state index in [1.54, 1.807) is 12.4 Å². The minimum absolute atomic E-state index is 0.159. The molecule has 0 spiro atoms. The molecule has 7 nitrogen and oxygen atoms in total. The van der Waals surface area contributed by atoms with Crippen molar-refractivity contribution < 1.29 is 4.79 Å². The molecular formula is C24H24N6OS. The van der Waals surface area contributed by atoms with Crippen molar-refractivity contribution >= 4 is 28.2 Å². The summed E-state index contributed by atoms with van der Waals surface area (Å²) in [7, 11) is 0. The molecule has 4 aromatic rings. The number of aromatic nitrogens is 4. The Balaban J connectivity index is 1.30. The molecule has 8 heteroatoms. The lowest BCUT2D eigenvalue weighted by Gasteiger charge is -2.25. The van der Waals surface area contributed by atoms with Crippen LogP contribution in [-0.2, 0) is 6.54 Å². The summed E-state index contributed by atoms with van der Waals surface area (Å²) in [5.74, 6) is 0.858. The van der Waals surface area contributed by atoms with Crippen LogP contribution in [-0.4, -0.2) is 32.0 Å². The molecule has 1 N–H and O–H groups in total. The summed E-state index contributed by atoms with van der Waals surface area (Å²) in [6.45, 7) is 3.66.